The molecular formula is C21H25N5OS. The second kappa shape index (κ2) is 7.54. The molecule has 7 heteroatoms. The van der Waals surface area contributed by atoms with Gasteiger partial charge >= 0.3 is 0 Å². The number of fused-ring (bicyclic) bond motifs is 1. The number of likely N-dealkylation sites (tertiary alicyclic amines) is 1. The summed E-state index contributed by atoms with van der Waals surface area (Å²) in [5.41, 5.74) is 2.11. The molecule has 0 saturated carbocycles. The lowest BCUT2D eigenvalue weighted by atomic mass is 9.97. The largest absolute Gasteiger partial charge is 0.370 e. The molecule has 2 aliphatic rings. The third-order valence-electron chi connectivity index (χ3n) is 5.85. The first kappa shape index (κ1) is 17.7. The minimum absolute atomic E-state index is 0.215. The number of aromatic nitrogens is 3. The van der Waals surface area contributed by atoms with Crippen molar-refractivity contribution >= 4 is 28.6 Å². The van der Waals surface area contributed by atoms with Crippen molar-refractivity contribution < 1.29 is 4.79 Å². The van der Waals surface area contributed by atoms with E-state index >= 15 is 0 Å². The Labute approximate surface area is 168 Å². The molecule has 2 aliphatic heterocycles. The van der Waals surface area contributed by atoms with Crippen molar-refractivity contribution in [2.45, 2.75) is 38.0 Å². The Morgan fingerprint density at radius 2 is 2.04 bits per heavy atom. The molecule has 0 radical (unpaired) electrons. The molecule has 2 fully saturated rings. The van der Waals surface area contributed by atoms with Crippen molar-refractivity contribution in [1.29, 1.82) is 0 Å². The summed E-state index contributed by atoms with van der Waals surface area (Å²) < 4.78 is 1.91. The average molecular weight is 396 g/mol. The van der Waals surface area contributed by atoms with Gasteiger partial charge in [-0.2, -0.15) is 5.10 Å². The summed E-state index contributed by atoms with van der Waals surface area (Å²) in [6.45, 7) is 3.81. The van der Waals surface area contributed by atoms with Gasteiger partial charge in [0.2, 0.25) is 5.91 Å². The molecule has 2 saturated heterocycles. The van der Waals surface area contributed by atoms with Gasteiger partial charge in [-0.15, -0.1) is 11.3 Å². The molecule has 5 rings (SSSR count). The molecule has 146 valence electrons. The van der Waals surface area contributed by atoms with Crippen LogP contribution in [0.15, 0.2) is 35.8 Å². The Hall–Kier alpha value is -2.41. The number of carbonyl (C=O) groups excluding carboxylic acids is 1. The third kappa shape index (κ3) is 3.51. The molecule has 0 N–H and O–H groups in total. The fourth-order valence-corrected chi connectivity index (χ4v) is 5.01. The quantitative estimate of drug-likeness (QED) is 0.680. The van der Waals surface area contributed by atoms with E-state index in [1.54, 1.807) is 11.3 Å². The normalized spacial score (nSPS) is 20.2. The predicted molar refractivity (Wildman–Crippen MR) is 111 cm³/mol. The fraction of sp³-hybridized carbons (Fsp3) is 0.476. The van der Waals surface area contributed by atoms with Gasteiger partial charge in [0, 0.05) is 37.0 Å². The zero-order valence-corrected chi connectivity index (χ0v) is 16.8. The van der Waals surface area contributed by atoms with Gasteiger partial charge < -0.3 is 9.80 Å². The first-order valence-corrected chi connectivity index (χ1v) is 11.1. The van der Waals surface area contributed by atoms with Crippen molar-refractivity contribution in [2.24, 2.45) is 0 Å². The van der Waals surface area contributed by atoms with Crippen molar-refractivity contribution in [1.82, 2.24) is 19.5 Å². The van der Waals surface area contributed by atoms with Crippen LogP contribution in [0.25, 0.3) is 5.65 Å². The number of rotatable bonds is 4. The maximum Gasteiger partial charge on any atom is 0.227 e. The zero-order valence-electron chi connectivity index (χ0n) is 16.0. The highest BCUT2D eigenvalue weighted by atomic mass is 32.1. The monoisotopic (exact) mass is 395 g/mol. The van der Waals surface area contributed by atoms with E-state index in [4.69, 9.17) is 10.1 Å². The van der Waals surface area contributed by atoms with Crippen LogP contribution >= 0.6 is 11.3 Å². The molecule has 6 nitrogen and oxygen atoms in total. The Morgan fingerprint density at radius 3 is 2.86 bits per heavy atom. The topological polar surface area (TPSA) is 53.7 Å². The highest BCUT2D eigenvalue weighted by Gasteiger charge is 2.27. The minimum Gasteiger partial charge on any atom is -0.370 e. The van der Waals surface area contributed by atoms with Crippen LogP contribution in [-0.4, -0.2) is 51.6 Å². The zero-order chi connectivity index (χ0) is 18.9. The third-order valence-corrected chi connectivity index (χ3v) is 6.72. The average Bonchev–Trinajstić information content (AvgIpc) is 3.48. The summed E-state index contributed by atoms with van der Waals surface area (Å²) in [4.78, 5) is 23.0. The molecule has 0 aliphatic carbocycles. The van der Waals surface area contributed by atoms with Gasteiger partial charge in [0.25, 0.3) is 0 Å². The van der Waals surface area contributed by atoms with Crippen LogP contribution in [0.4, 0.5) is 5.69 Å². The highest BCUT2D eigenvalue weighted by molar-refractivity contribution is 7.10. The Balaban J connectivity index is 1.32. The summed E-state index contributed by atoms with van der Waals surface area (Å²) in [7, 11) is 0. The van der Waals surface area contributed by atoms with Crippen LogP contribution in [0.5, 0.6) is 0 Å². The second-order valence-electron chi connectivity index (χ2n) is 7.79. The summed E-state index contributed by atoms with van der Waals surface area (Å²) in [5, 5.41) is 6.81. The number of amides is 1. The van der Waals surface area contributed by atoms with Crippen LogP contribution in [0, 0.1) is 0 Å². The number of nitrogens with zero attached hydrogens (tertiary/aromatic N) is 5. The van der Waals surface area contributed by atoms with E-state index < -0.39 is 0 Å². The molecule has 0 unspecified atom stereocenters. The predicted octanol–water partition coefficient (Wildman–Crippen LogP) is 3.34. The van der Waals surface area contributed by atoms with Gasteiger partial charge in [-0.25, -0.2) is 9.50 Å². The summed E-state index contributed by atoms with van der Waals surface area (Å²) in [6.07, 6.45) is 7.17. The van der Waals surface area contributed by atoms with Crippen LogP contribution in [0.3, 0.4) is 0 Å². The first-order chi connectivity index (χ1) is 13.8. The van der Waals surface area contributed by atoms with Crippen LogP contribution in [-0.2, 0) is 11.2 Å². The van der Waals surface area contributed by atoms with Gasteiger partial charge in [0.05, 0.1) is 18.3 Å². The molecule has 3 aromatic heterocycles. The number of piperidine rings is 1. The molecular weight excluding hydrogens is 370 g/mol. The number of hydrogen-bond acceptors (Lipinski definition) is 5. The number of anilines is 1. The van der Waals surface area contributed by atoms with Gasteiger partial charge in [0.15, 0.2) is 11.5 Å². The van der Waals surface area contributed by atoms with Crippen LogP contribution < -0.4 is 4.90 Å². The van der Waals surface area contributed by atoms with Crippen LogP contribution in [0.1, 0.15) is 42.3 Å². The Bertz CT molecular complexity index is 961. The van der Waals surface area contributed by atoms with E-state index in [2.05, 4.69) is 23.2 Å². The van der Waals surface area contributed by atoms with Crippen LogP contribution in [0.2, 0.25) is 0 Å². The number of thiophene rings is 1. The van der Waals surface area contributed by atoms with Crippen molar-refractivity contribution in [3.05, 3.63) is 46.5 Å². The maximum absolute atomic E-state index is 12.7. The smallest absolute Gasteiger partial charge is 0.227 e. The van der Waals surface area contributed by atoms with E-state index in [9.17, 15) is 4.79 Å². The fourth-order valence-electron chi connectivity index (χ4n) is 4.31. The molecule has 1 atom stereocenters. The van der Waals surface area contributed by atoms with Gasteiger partial charge in [-0.05, 0) is 49.3 Å². The Kier molecular flexibility index (Phi) is 4.76. The lowest BCUT2D eigenvalue weighted by molar-refractivity contribution is -0.131. The van der Waals surface area contributed by atoms with Gasteiger partial charge in [0.1, 0.15) is 0 Å². The summed E-state index contributed by atoms with van der Waals surface area (Å²) in [6, 6.07) is 8.25. The van der Waals surface area contributed by atoms with E-state index in [1.807, 2.05) is 26.9 Å². The molecule has 3 aromatic rings. The second-order valence-corrected chi connectivity index (χ2v) is 8.82. The molecule has 5 heterocycles. The minimum atomic E-state index is 0.215. The number of carbonyl (C=O) groups is 1. The van der Waals surface area contributed by atoms with Crippen molar-refractivity contribution in [3.63, 3.8) is 0 Å². The standard InChI is InChI=1S/C21H25N5OS/c27-20(13-18-6-4-12-28-18)25-11-3-5-16(14-25)21-22-19-8-7-17(15-26(19)23-21)24-9-1-2-10-24/h4,6-8,12,15-16H,1-3,5,9-11,13-14H2/t16-/m0/s1. The highest BCUT2D eigenvalue weighted by Crippen LogP contribution is 2.27. The van der Waals surface area contributed by atoms with Gasteiger partial charge in [-0.3, -0.25) is 4.79 Å². The number of hydrogen-bond donors (Lipinski definition) is 0. The molecule has 0 spiro atoms. The number of pyridine rings is 1. The molecule has 28 heavy (non-hydrogen) atoms. The lowest BCUT2D eigenvalue weighted by Gasteiger charge is -2.31. The molecule has 1 amide bonds. The maximum atomic E-state index is 12.7. The van der Waals surface area contributed by atoms with Crippen molar-refractivity contribution in [3.8, 4) is 0 Å². The summed E-state index contributed by atoms with van der Waals surface area (Å²) >= 11 is 1.65. The van der Waals surface area contributed by atoms with E-state index in [0.717, 1.165) is 55.4 Å². The van der Waals surface area contributed by atoms with Gasteiger partial charge in [-0.1, -0.05) is 6.07 Å². The summed E-state index contributed by atoms with van der Waals surface area (Å²) in [5.74, 6) is 1.30. The lowest BCUT2D eigenvalue weighted by Crippen LogP contribution is -2.40. The van der Waals surface area contributed by atoms with E-state index in [0.29, 0.717) is 6.42 Å². The molecule has 0 aromatic carbocycles. The Morgan fingerprint density at radius 1 is 1.14 bits per heavy atom. The molecule has 0 bridgehead atoms. The van der Waals surface area contributed by atoms with E-state index in [1.165, 1.54) is 18.5 Å². The van der Waals surface area contributed by atoms with E-state index in [-0.39, 0.29) is 11.8 Å². The first-order valence-electron chi connectivity index (χ1n) is 10.2. The SMILES string of the molecule is O=C(Cc1cccs1)N1CCC[C@H](c2nc3ccc(N4CCCC4)cn3n2)C1. The van der Waals surface area contributed by atoms with Crippen molar-refractivity contribution in [2.75, 3.05) is 31.1 Å².